The molecule has 1 N–H and O–H groups in total. The van der Waals surface area contributed by atoms with Crippen molar-refractivity contribution in [1.82, 2.24) is 35.1 Å². The van der Waals surface area contributed by atoms with E-state index in [1.165, 1.54) is 17.9 Å². The van der Waals surface area contributed by atoms with Crippen LogP contribution in [0.1, 0.15) is 36.6 Å². The molecular weight excluding hydrogens is 410 g/mol. The van der Waals surface area contributed by atoms with Crippen molar-refractivity contribution in [1.29, 1.82) is 5.26 Å². The minimum atomic E-state index is -0.724. The van der Waals surface area contributed by atoms with Gasteiger partial charge in [0.2, 0.25) is 0 Å². The van der Waals surface area contributed by atoms with Crippen LogP contribution in [0.25, 0.3) is 5.65 Å². The third-order valence-corrected chi connectivity index (χ3v) is 6.73. The molecule has 0 saturated carbocycles. The highest BCUT2D eigenvalue weighted by Gasteiger charge is 2.41. The molecule has 0 bridgehead atoms. The van der Waals surface area contributed by atoms with E-state index in [0.29, 0.717) is 29.2 Å². The highest BCUT2D eigenvalue weighted by molar-refractivity contribution is 5.45. The first-order valence-electron chi connectivity index (χ1n) is 10.7. The van der Waals surface area contributed by atoms with Gasteiger partial charge in [-0.3, -0.25) is 4.98 Å². The van der Waals surface area contributed by atoms with Crippen LogP contribution in [0.3, 0.4) is 0 Å². The first-order chi connectivity index (χ1) is 15.6. The minimum absolute atomic E-state index is 0.272. The predicted molar refractivity (Wildman–Crippen MR) is 114 cm³/mol. The number of likely N-dealkylation sites (tertiary alicyclic amines) is 1. The molecule has 3 aromatic heterocycles. The molecule has 1 atom stereocenters. The quantitative estimate of drug-likeness (QED) is 0.615. The molecule has 0 unspecified atom stereocenters. The van der Waals surface area contributed by atoms with Crippen LogP contribution in [0, 0.1) is 16.7 Å². The molecule has 3 aromatic rings. The highest BCUT2D eigenvalue weighted by Crippen LogP contribution is 2.41. The van der Waals surface area contributed by atoms with Gasteiger partial charge >= 0.3 is 0 Å². The Morgan fingerprint density at radius 1 is 1.25 bits per heavy atom. The lowest BCUT2D eigenvalue weighted by Gasteiger charge is -2.39. The predicted octanol–water partition coefficient (Wildman–Crippen LogP) is 0.820. The van der Waals surface area contributed by atoms with Crippen molar-refractivity contribution in [3.8, 4) is 11.8 Å². The van der Waals surface area contributed by atoms with Crippen molar-refractivity contribution in [3.63, 3.8) is 0 Å². The van der Waals surface area contributed by atoms with Gasteiger partial charge in [0.05, 0.1) is 12.8 Å². The number of aromatic nitrogens is 6. The molecule has 166 valence electrons. The number of nitriles is 1. The zero-order valence-electron chi connectivity index (χ0n) is 17.9. The first kappa shape index (κ1) is 20.5. The summed E-state index contributed by atoms with van der Waals surface area (Å²) in [6.45, 7) is 4.31. The second kappa shape index (κ2) is 8.29. The number of piperidine rings is 1. The molecule has 5 heterocycles. The number of β-amino-alcohol motifs (C(OH)–C–C–N with tert-alkyl or cyclic N) is 1. The van der Waals surface area contributed by atoms with Crippen molar-refractivity contribution < 1.29 is 9.84 Å². The van der Waals surface area contributed by atoms with Gasteiger partial charge < -0.3 is 19.6 Å². The number of methoxy groups -OCH3 is 1. The van der Waals surface area contributed by atoms with Crippen molar-refractivity contribution in [2.75, 3.05) is 44.7 Å². The Balaban J connectivity index is 1.18. The summed E-state index contributed by atoms with van der Waals surface area (Å²) < 4.78 is 6.71. The van der Waals surface area contributed by atoms with Crippen LogP contribution in [0.4, 0.5) is 5.82 Å². The van der Waals surface area contributed by atoms with E-state index in [9.17, 15) is 5.11 Å². The fourth-order valence-corrected chi connectivity index (χ4v) is 4.78. The van der Waals surface area contributed by atoms with Gasteiger partial charge in [0.1, 0.15) is 23.5 Å². The van der Waals surface area contributed by atoms with E-state index in [1.807, 2.05) is 18.2 Å². The molecule has 0 radical (unpaired) electrons. The standard InChI is InChI=1S/C21H25N9O2/c1-32-18-10-16(23-12-15(18)11-22)17(31)13-28-7-4-21(5-8-28)6-9-29(14-21)20-3-2-19-24-26-27-30(19)25-20/h2-3,10,12,17,31H,4-9,13-14H2,1H3/t17-/m0/s1. The normalized spacial score (nSPS) is 19.3. The van der Waals surface area contributed by atoms with E-state index >= 15 is 0 Å². The third kappa shape index (κ3) is 3.83. The van der Waals surface area contributed by atoms with Crippen molar-refractivity contribution in [2.45, 2.75) is 25.4 Å². The van der Waals surface area contributed by atoms with Gasteiger partial charge in [0.15, 0.2) is 11.5 Å². The molecular formula is C21H25N9O2. The topological polar surface area (TPSA) is 129 Å². The summed E-state index contributed by atoms with van der Waals surface area (Å²) in [4.78, 5) is 8.85. The number of tetrazole rings is 1. The maximum absolute atomic E-state index is 10.7. The number of hydrogen-bond donors (Lipinski definition) is 1. The van der Waals surface area contributed by atoms with Crippen LogP contribution in [0.5, 0.6) is 5.75 Å². The number of aliphatic hydroxyl groups is 1. The van der Waals surface area contributed by atoms with E-state index in [2.05, 4.69) is 35.4 Å². The maximum atomic E-state index is 10.7. The smallest absolute Gasteiger partial charge is 0.200 e. The Labute approximate surface area is 185 Å². The lowest BCUT2D eigenvalue weighted by molar-refractivity contribution is 0.0632. The van der Waals surface area contributed by atoms with Gasteiger partial charge in [0.25, 0.3) is 0 Å². The Bertz CT molecular complexity index is 1150. The highest BCUT2D eigenvalue weighted by atomic mass is 16.5. The fraction of sp³-hybridized carbons (Fsp3) is 0.524. The Morgan fingerprint density at radius 2 is 2.06 bits per heavy atom. The lowest BCUT2D eigenvalue weighted by atomic mass is 9.77. The molecule has 11 nitrogen and oxygen atoms in total. The summed E-state index contributed by atoms with van der Waals surface area (Å²) in [6.07, 6.45) is 4.02. The van der Waals surface area contributed by atoms with E-state index in [-0.39, 0.29) is 5.41 Å². The molecule has 2 saturated heterocycles. The SMILES string of the molecule is COc1cc([C@@H](O)CN2CCC3(CC2)CCN(c2ccc4nnnn4n2)C3)ncc1C#N. The second-order valence-electron chi connectivity index (χ2n) is 8.63. The molecule has 32 heavy (non-hydrogen) atoms. The molecule has 2 aliphatic rings. The third-order valence-electron chi connectivity index (χ3n) is 6.73. The summed E-state index contributed by atoms with van der Waals surface area (Å²) in [6, 6.07) is 7.57. The fourth-order valence-electron chi connectivity index (χ4n) is 4.78. The van der Waals surface area contributed by atoms with Gasteiger partial charge in [0, 0.05) is 31.9 Å². The van der Waals surface area contributed by atoms with Crippen molar-refractivity contribution in [2.24, 2.45) is 5.41 Å². The monoisotopic (exact) mass is 435 g/mol. The Hall–Kier alpha value is -3.36. The van der Waals surface area contributed by atoms with Gasteiger partial charge in [-0.25, -0.2) is 0 Å². The van der Waals surface area contributed by atoms with Crippen molar-refractivity contribution in [3.05, 3.63) is 35.7 Å². The van der Waals surface area contributed by atoms with Crippen molar-refractivity contribution >= 4 is 11.5 Å². The van der Waals surface area contributed by atoms with E-state index in [0.717, 1.165) is 51.3 Å². The summed E-state index contributed by atoms with van der Waals surface area (Å²) in [5.41, 5.74) is 1.80. The molecule has 11 heteroatoms. The lowest BCUT2D eigenvalue weighted by Crippen LogP contribution is -2.43. The average Bonchev–Trinajstić information content (AvgIpc) is 3.47. The van der Waals surface area contributed by atoms with Crippen LogP contribution in [0.15, 0.2) is 24.4 Å². The van der Waals surface area contributed by atoms with Crippen LogP contribution in [-0.4, -0.2) is 80.1 Å². The number of rotatable bonds is 5. The number of pyridine rings is 1. The summed E-state index contributed by atoms with van der Waals surface area (Å²) in [5.74, 6) is 1.34. The summed E-state index contributed by atoms with van der Waals surface area (Å²) in [7, 11) is 1.51. The van der Waals surface area contributed by atoms with E-state index in [1.54, 1.807) is 6.07 Å². The summed E-state index contributed by atoms with van der Waals surface area (Å²) in [5, 5.41) is 35.8. The largest absolute Gasteiger partial charge is 0.495 e. The average molecular weight is 435 g/mol. The maximum Gasteiger partial charge on any atom is 0.200 e. The zero-order valence-corrected chi connectivity index (χ0v) is 17.9. The zero-order chi connectivity index (χ0) is 22.1. The molecule has 2 fully saturated rings. The number of aliphatic hydroxyl groups excluding tert-OH is 1. The van der Waals surface area contributed by atoms with E-state index in [4.69, 9.17) is 10.00 Å². The molecule has 2 aliphatic heterocycles. The molecule has 1 spiro atoms. The van der Waals surface area contributed by atoms with Gasteiger partial charge in [-0.2, -0.15) is 5.26 Å². The van der Waals surface area contributed by atoms with E-state index < -0.39 is 6.10 Å². The van der Waals surface area contributed by atoms with Gasteiger partial charge in [-0.05, 0) is 60.3 Å². The van der Waals surface area contributed by atoms with Crippen LogP contribution in [0.2, 0.25) is 0 Å². The molecule has 0 amide bonds. The number of hydrogen-bond acceptors (Lipinski definition) is 10. The Morgan fingerprint density at radius 3 is 2.84 bits per heavy atom. The second-order valence-corrected chi connectivity index (χ2v) is 8.63. The van der Waals surface area contributed by atoms with Gasteiger partial charge in [-0.15, -0.1) is 14.8 Å². The number of nitrogens with zero attached hydrogens (tertiary/aromatic N) is 9. The van der Waals surface area contributed by atoms with Crippen LogP contribution < -0.4 is 9.64 Å². The minimum Gasteiger partial charge on any atom is -0.495 e. The first-order valence-corrected chi connectivity index (χ1v) is 10.7. The number of anilines is 1. The molecule has 0 aliphatic carbocycles. The van der Waals surface area contributed by atoms with Crippen LogP contribution >= 0.6 is 0 Å². The Kier molecular flexibility index (Phi) is 5.32. The summed E-state index contributed by atoms with van der Waals surface area (Å²) >= 11 is 0. The molecule has 0 aromatic carbocycles. The molecule has 5 rings (SSSR count). The number of fused-ring (bicyclic) bond motifs is 1. The van der Waals surface area contributed by atoms with Crippen LogP contribution in [-0.2, 0) is 0 Å². The van der Waals surface area contributed by atoms with Gasteiger partial charge in [-0.1, -0.05) is 0 Å². The number of ether oxygens (including phenoxy) is 1.